The minimum Gasteiger partial charge on any atom is -0.497 e. The van der Waals surface area contributed by atoms with Gasteiger partial charge in [0.1, 0.15) is 18.1 Å². The Morgan fingerprint density at radius 3 is 2.65 bits per heavy atom. The molecule has 5 heteroatoms. The van der Waals surface area contributed by atoms with Crippen LogP contribution < -0.4 is 15.2 Å². The zero-order chi connectivity index (χ0) is 12.8. The van der Waals surface area contributed by atoms with Crippen molar-refractivity contribution in [3.05, 3.63) is 23.8 Å². The van der Waals surface area contributed by atoms with Crippen LogP contribution in [0.3, 0.4) is 0 Å². The molecule has 17 heavy (non-hydrogen) atoms. The lowest BCUT2D eigenvalue weighted by atomic mass is 10.2. The van der Waals surface area contributed by atoms with Crippen molar-refractivity contribution in [3.8, 4) is 11.5 Å². The van der Waals surface area contributed by atoms with E-state index in [-0.39, 0.29) is 0 Å². The molecule has 2 N–H and O–H groups in total. The van der Waals surface area contributed by atoms with Gasteiger partial charge in [0.15, 0.2) is 0 Å². The number of nitrogens with two attached hydrogens (primary N) is 1. The fraction of sp³-hybridized carbons (Fsp3) is 0.417. The Morgan fingerprint density at radius 2 is 2.12 bits per heavy atom. The molecule has 5 nitrogen and oxygen atoms in total. The molecule has 0 atom stereocenters. The van der Waals surface area contributed by atoms with Crippen LogP contribution in [0, 0.1) is 0 Å². The topological polar surface area (TPSA) is 64.8 Å². The molecule has 0 aromatic heterocycles. The van der Waals surface area contributed by atoms with Crippen LogP contribution in [0.15, 0.2) is 18.2 Å². The number of likely N-dealkylation sites (N-methyl/N-ethyl adjacent to an activating group) is 1. The smallest absolute Gasteiger partial charge is 0.252 e. The number of hydrogen-bond acceptors (Lipinski definition) is 4. The second-order valence-electron chi connectivity index (χ2n) is 3.88. The van der Waals surface area contributed by atoms with Crippen LogP contribution in [0.4, 0.5) is 0 Å². The highest BCUT2D eigenvalue weighted by Crippen LogP contribution is 2.24. The predicted molar refractivity (Wildman–Crippen MR) is 65.6 cm³/mol. The Labute approximate surface area is 101 Å². The molecular weight excluding hydrogens is 220 g/mol. The first-order valence-corrected chi connectivity index (χ1v) is 5.30. The SMILES string of the molecule is COc1ccc(C(N)=O)c(OCCN(C)C)c1. The molecule has 0 aliphatic rings. The summed E-state index contributed by atoms with van der Waals surface area (Å²) in [5, 5.41) is 0. The quantitative estimate of drug-likeness (QED) is 0.793. The molecule has 0 unspecified atom stereocenters. The second kappa shape index (κ2) is 6.10. The fourth-order valence-electron chi connectivity index (χ4n) is 1.29. The number of primary amides is 1. The Bertz CT molecular complexity index is 391. The highest BCUT2D eigenvalue weighted by atomic mass is 16.5. The average Bonchev–Trinajstić information content (AvgIpc) is 2.28. The van der Waals surface area contributed by atoms with Gasteiger partial charge in [-0.1, -0.05) is 0 Å². The number of amides is 1. The maximum atomic E-state index is 11.2. The zero-order valence-electron chi connectivity index (χ0n) is 10.4. The molecule has 0 aliphatic heterocycles. The summed E-state index contributed by atoms with van der Waals surface area (Å²) in [5.74, 6) is 0.584. The third-order valence-electron chi connectivity index (χ3n) is 2.25. The van der Waals surface area contributed by atoms with E-state index >= 15 is 0 Å². The average molecular weight is 238 g/mol. The number of methoxy groups -OCH3 is 1. The van der Waals surface area contributed by atoms with Gasteiger partial charge in [-0.15, -0.1) is 0 Å². The van der Waals surface area contributed by atoms with E-state index < -0.39 is 5.91 Å². The van der Waals surface area contributed by atoms with Gasteiger partial charge in [0.25, 0.3) is 5.91 Å². The van der Waals surface area contributed by atoms with Crippen molar-refractivity contribution < 1.29 is 14.3 Å². The maximum absolute atomic E-state index is 11.2. The van der Waals surface area contributed by atoms with Gasteiger partial charge in [0.05, 0.1) is 12.7 Å². The first kappa shape index (κ1) is 13.3. The zero-order valence-corrected chi connectivity index (χ0v) is 10.4. The van der Waals surface area contributed by atoms with Gasteiger partial charge in [-0.25, -0.2) is 0 Å². The number of benzene rings is 1. The molecule has 0 radical (unpaired) electrons. The van der Waals surface area contributed by atoms with Crippen LogP contribution in [-0.2, 0) is 0 Å². The van der Waals surface area contributed by atoms with Crippen molar-refractivity contribution in [1.82, 2.24) is 4.90 Å². The van der Waals surface area contributed by atoms with Gasteiger partial charge >= 0.3 is 0 Å². The van der Waals surface area contributed by atoms with E-state index in [1.54, 1.807) is 25.3 Å². The van der Waals surface area contributed by atoms with Gasteiger partial charge in [0.2, 0.25) is 0 Å². The van der Waals surface area contributed by atoms with E-state index in [0.29, 0.717) is 23.7 Å². The van der Waals surface area contributed by atoms with Crippen LogP contribution >= 0.6 is 0 Å². The molecule has 0 heterocycles. The van der Waals surface area contributed by atoms with E-state index in [9.17, 15) is 4.79 Å². The summed E-state index contributed by atoms with van der Waals surface area (Å²) in [6.07, 6.45) is 0. The largest absolute Gasteiger partial charge is 0.497 e. The number of nitrogens with zero attached hydrogens (tertiary/aromatic N) is 1. The third-order valence-corrected chi connectivity index (χ3v) is 2.25. The van der Waals surface area contributed by atoms with Crippen LogP contribution in [0.5, 0.6) is 11.5 Å². The first-order valence-electron chi connectivity index (χ1n) is 5.30. The van der Waals surface area contributed by atoms with Crippen LogP contribution in [0.2, 0.25) is 0 Å². The lowest BCUT2D eigenvalue weighted by Crippen LogP contribution is -2.20. The minimum atomic E-state index is -0.507. The van der Waals surface area contributed by atoms with Crippen molar-refractivity contribution in [2.75, 3.05) is 34.4 Å². The third kappa shape index (κ3) is 3.96. The summed E-state index contributed by atoms with van der Waals surface area (Å²) >= 11 is 0. The van der Waals surface area contributed by atoms with E-state index in [0.717, 1.165) is 6.54 Å². The second-order valence-corrected chi connectivity index (χ2v) is 3.88. The molecule has 94 valence electrons. The summed E-state index contributed by atoms with van der Waals surface area (Å²) in [6, 6.07) is 4.95. The van der Waals surface area contributed by atoms with E-state index in [4.69, 9.17) is 15.2 Å². The van der Waals surface area contributed by atoms with Crippen molar-refractivity contribution in [3.63, 3.8) is 0 Å². The number of carbonyl (C=O) groups excluding carboxylic acids is 1. The lowest BCUT2D eigenvalue weighted by molar-refractivity contribution is 0.0996. The molecule has 0 spiro atoms. The predicted octanol–water partition coefficient (Wildman–Crippen LogP) is 0.734. The molecule has 1 rings (SSSR count). The molecule has 1 aromatic rings. The number of rotatable bonds is 6. The molecule has 0 saturated carbocycles. The fourth-order valence-corrected chi connectivity index (χ4v) is 1.29. The highest BCUT2D eigenvalue weighted by molar-refractivity contribution is 5.95. The summed E-state index contributed by atoms with van der Waals surface area (Å²) in [6.45, 7) is 1.25. The number of ether oxygens (including phenoxy) is 2. The number of carbonyl (C=O) groups is 1. The Balaban J connectivity index is 2.82. The molecule has 0 bridgehead atoms. The van der Waals surface area contributed by atoms with E-state index in [1.807, 2.05) is 19.0 Å². The van der Waals surface area contributed by atoms with E-state index in [2.05, 4.69) is 0 Å². The molecule has 1 aromatic carbocycles. The standard InChI is InChI=1S/C12H18N2O3/c1-14(2)6-7-17-11-8-9(16-3)4-5-10(11)12(13)15/h4-5,8H,6-7H2,1-3H3,(H2,13,15). The molecular formula is C12H18N2O3. The van der Waals surface area contributed by atoms with Crippen molar-refractivity contribution in [1.29, 1.82) is 0 Å². The molecule has 0 fully saturated rings. The summed E-state index contributed by atoms with van der Waals surface area (Å²) in [7, 11) is 5.46. The van der Waals surface area contributed by atoms with Crippen molar-refractivity contribution >= 4 is 5.91 Å². The Kier molecular flexibility index (Phi) is 4.78. The molecule has 0 aliphatic carbocycles. The van der Waals surface area contributed by atoms with Gasteiger partial charge in [-0.3, -0.25) is 4.79 Å². The highest BCUT2D eigenvalue weighted by Gasteiger charge is 2.10. The summed E-state index contributed by atoms with van der Waals surface area (Å²) < 4.78 is 10.6. The Hall–Kier alpha value is -1.75. The first-order chi connectivity index (χ1) is 8.04. The van der Waals surface area contributed by atoms with Crippen molar-refractivity contribution in [2.24, 2.45) is 5.73 Å². The van der Waals surface area contributed by atoms with E-state index in [1.165, 1.54) is 0 Å². The Morgan fingerprint density at radius 1 is 1.41 bits per heavy atom. The minimum absolute atomic E-state index is 0.365. The lowest BCUT2D eigenvalue weighted by Gasteiger charge is -2.13. The van der Waals surface area contributed by atoms with Crippen LogP contribution in [0.25, 0.3) is 0 Å². The van der Waals surface area contributed by atoms with Gasteiger partial charge < -0.3 is 20.1 Å². The summed E-state index contributed by atoms with van der Waals surface area (Å²) in [5.41, 5.74) is 5.63. The van der Waals surface area contributed by atoms with Gasteiger partial charge in [0, 0.05) is 12.6 Å². The number of hydrogen-bond donors (Lipinski definition) is 1. The van der Waals surface area contributed by atoms with Crippen LogP contribution in [-0.4, -0.2) is 45.2 Å². The van der Waals surface area contributed by atoms with Crippen molar-refractivity contribution in [2.45, 2.75) is 0 Å². The van der Waals surface area contributed by atoms with Gasteiger partial charge in [-0.05, 0) is 26.2 Å². The van der Waals surface area contributed by atoms with Gasteiger partial charge in [-0.2, -0.15) is 0 Å². The summed E-state index contributed by atoms with van der Waals surface area (Å²) in [4.78, 5) is 13.2. The van der Waals surface area contributed by atoms with Crippen LogP contribution in [0.1, 0.15) is 10.4 Å². The monoisotopic (exact) mass is 238 g/mol. The maximum Gasteiger partial charge on any atom is 0.252 e. The normalized spacial score (nSPS) is 10.4. The molecule has 1 amide bonds. The molecule has 0 saturated heterocycles.